The summed E-state index contributed by atoms with van der Waals surface area (Å²) in [5, 5.41) is 0.213. The maximum atomic E-state index is 10.4. The van der Waals surface area contributed by atoms with Crippen LogP contribution in [0.1, 0.15) is 19.8 Å². The van der Waals surface area contributed by atoms with E-state index in [9.17, 15) is 3.83 Å². The molecule has 7 heteroatoms. The fourth-order valence-electron chi connectivity index (χ4n) is 1.69. The first-order valence-corrected chi connectivity index (χ1v) is 10.7. The van der Waals surface area contributed by atoms with Crippen LogP contribution in [0.25, 0.3) is 0 Å². The van der Waals surface area contributed by atoms with Crippen LogP contribution < -0.4 is 20.9 Å². The number of rotatable bonds is 8. The molecule has 0 radical (unpaired) electrons. The number of nitrogen functional groups attached to an aromatic ring is 2. The van der Waals surface area contributed by atoms with Crippen molar-refractivity contribution >= 4 is 25.5 Å². The third-order valence-corrected chi connectivity index (χ3v) is 4.14. The van der Waals surface area contributed by atoms with Crippen LogP contribution in [-0.2, 0) is 3.83 Å². The van der Waals surface area contributed by atoms with Gasteiger partial charge in [-0.3, -0.25) is 0 Å². The van der Waals surface area contributed by atoms with Crippen LogP contribution in [0.3, 0.4) is 0 Å². The summed E-state index contributed by atoms with van der Waals surface area (Å²) in [5.41, 5.74) is 12.4. The monoisotopic (exact) mass is 414 g/mol. The van der Waals surface area contributed by atoms with E-state index < -0.39 is 14.2 Å². The summed E-state index contributed by atoms with van der Waals surface area (Å²) in [6, 6.07) is 14.4. The minimum absolute atomic E-state index is 0.213. The van der Waals surface area contributed by atoms with Crippen molar-refractivity contribution in [2.45, 2.75) is 25.1 Å². The first-order valence-electron chi connectivity index (χ1n) is 8.05. The predicted octanol–water partition coefficient (Wildman–Crippen LogP) is 3.01. The first-order chi connectivity index (χ1) is 12.0. The normalized spacial score (nSPS) is 11.1. The molecule has 0 aliphatic heterocycles. The Bertz CT molecular complexity index is 618. The molecular weight excluding hydrogens is 387 g/mol. The fourth-order valence-corrected chi connectivity index (χ4v) is 2.17. The Hall–Kier alpha value is -2.08. The van der Waals surface area contributed by atoms with E-state index in [0.29, 0.717) is 11.4 Å². The molecule has 5 N–H and O–H groups in total. The second kappa shape index (κ2) is 12.3. The van der Waals surface area contributed by atoms with Crippen molar-refractivity contribution in [1.82, 2.24) is 0 Å². The molecule has 0 spiro atoms. The molecular formula is C18H26N2O4Se. The average molecular weight is 413 g/mol. The van der Waals surface area contributed by atoms with Gasteiger partial charge in [-0.05, 0) is 30.7 Å². The van der Waals surface area contributed by atoms with Crippen molar-refractivity contribution in [2.75, 3.05) is 24.7 Å². The minimum atomic E-state index is -2.61. The molecule has 2 aromatic rings. The first kappa shape index (κ1) is 21.0. The number of benzene rings is 2. The molecule has 0 saturated heterocycles. The summed E-state index contributed by atoms with van der Waals surface area (Å²) < 4.78 is 29.5. The van der Waals surface area contributed by atoms with Crippen LogP contribution in [0.4, 0.5) is 11.4 Å². The van der Waals surface area contributed by atoms with Gasteiger partial charge in [-0.1, -0.05) is 13.3 Å². The molecule has 25 heavy (non-hydrogen) atoms. The summed E-state index contributed by atoms with van der Waals surface area (Å²) >= 11 is -2.61. The Morgan fingerprint density at radius 3 is 1.72 bits per heavy atom. The van der Waals surface area contributed by atoms with Crippen molar-refractivity contribution in [3.63, 3.8) is 0 Å². The molecule has 0 bridgehead atoms. The van der Waals surface area contributed by atoms with Crippen LogP contribution in [-0.4, -0.2) is 31.6 Å². The number of hydrogen-bond acceptors (Lipinski definition) is 5. The molecule has 138 valence electrons. The van der Waals surface area contributed by atoms with Crippen molar-refractivity contribution in [1.29, 1.82) is 0 Å². The Kier molecular flexibility index (Phi) is 10.3. The average Bonchev–Trinajstić information content (AvgIpc) is 2.59. The maximum absolute atomic E-state index is 10.4. The van der Waals surface area contributed by atoms with Gasteiger partial charge in [0.1, 0.15) is 5.75 Å². The zero-order valence-corrected chi connectivity index (χ0v) is 16.1. The molecule has 1 unspecified atom stereocenters. The van der Waals surface area contributed by atoms with Crippen molar-refractivity contribution < 1.29 is 17.5 Å². The second-order valence-electron chi connectivity index (χ2n) is 5.21. The van der Waals surface area contributed by atoms with Crippen LogP contribution in [0.5, 0.6) is 11.5 Å². The summed E-state index contributed by atoms with van der Waals surface area (Å²) in [6.45, 7) is 3.21. The molecule has 1 atom stereocenters. The SMILES string of the molecule is CCCCOc1ccc(N)cc1.Nc1ccc(OCC[Se](=O)O)cc1. The van der Waals surface area contributed by atoms with Gasteiger partial charge in [0.15, 0.2) is 0 Å². The van der Waals surface area contributed by atoms with E-state index in [1.54, 1.807) is 24.3 Å². The molecule has 0 heterocycles. The van der Waals surface area contributed by atoms with E-state index in [0.717, 1.165) is 30.9 Å². The van der Waals surface area contributed by atoms with E-state index in [1.807, 2.05) is 24.3 Å². The quantitative estimate of drug-likeness (QED) is 0.349. The van der Waals surface area contributed by atoms with Crippen molar-refractivity contribution in [2.24, 2.45) is 0 Å². The molecule has 2 aromatic carbocycles. The molecule has 6 nitrogen and oxygen atoms in total. The number of anilines is 2. The number of nitrogens with two attached hydrogens (primary N) is 2. The summed E-state index contributed by atoms with van der Waals surface area (Å²) in [7, 11) is 0. The number of ether oxygens (including phenoxy) is 2. The number of unbranched alkanes of at least 4 members (excludes halogenated alkanes) is 1. The standard InChI is InChI=1S/C10H15NO.C8H11NO3Se/c1-2-3-8-12-10-6-4-9(11)5-7-10;9-7-1-3-8(4-2-7)12-5-6-13(10)11/h4-7H,2-3,8,11H2,1H3;1-4H,5-6,9H2,(H,10,11). The third-order valence-electron chi connectivity index (χ3n) is 3.05. The van der Waals surface area contributed by atoms with Gasteiger partial charge in [-0.2, -0.15) is 0 Å². The third kappa shape index (κ3) is 10.4. The predicted molar refractivity (Wildman–Crippen MR) is 101 cm³/mol. The van der Waals surface area contributed by atoms with Gasteiger partial charge in [-0.25, -0.2) is 0 Å². The second-order valence-corrected chi connectivity index (χ2v) is 7.42. The van der Waals surface area contributed by atoms with Crippen LogP contribution >= 0.6 is 0 Å². The van der Waals surface area contributed by atoms with E-state index in [-0.39, 0.29) is 11.9 Å². The van der Waals surface area contributed by atoms with Crippen LogP contribution in [0, 0.1) is 0 Å². The zero-order valence-electron chi connectivity index (χ0n) is 14.4. The number of hydrogen-bond donors (Lipinski definition) is 3. The van der Waals surface area contributed by atoms with E-state index in [4.69, 9.17) is 25.1 Å². The van der Waals surface area contributed by atoms with Crippen LogP contribution in [0.2, 0.25) is 5.32 Å². The van der Waals surface area contributed by atoms with Gasteiger partial charge in [-0.15, -0.1) is 0 Å². The van der Waals surface area contributed by atoms with Crippen LogP contribution in [0.15, 0.2) is 48.5 Å². The molecule has 0 saturated carbocycles. The Balaban J connectivity index is 0.000000251. The molecule has 0 amide bonds. The molecule has 0 aliphatic carbocycles. The van der Waals surface area contributed by atoms with Gasteiger partial charge in [0.2, 0.25) is 0 Å². The Morgan fingerprint density at radius 2 is 1.32 bits per heavy atom. The van der Waals surface area contributed by atoms with Gasteiger partial charge < -0.3 is 10.5 Å². The van der Waals surface area contributed by atoms with Crippen molar-refractivity contribution in [3.8, 4) is 11.5 Å². The van der Waals surface area contributed by atoms with E-state index in [1.165, 1.54) is 0 Å². The molecule has 2 rings (SSSR count). The van der Waals surface area contributed by atoms with E-state index >= 15 is 0 Å². The van der Waals surface area contributed by atoms with Gasteiger partial charge in [0.05, 0.1) is 6.61 Å². The summed E-state index contributed by atoms with van der Waals surface area (Å²) in [5.74, 6) is 1.57. The van der Waals surface area contributed by atoms with Crippen molar-refractivity contribution in [3.05, 3.63) is 48.5 Å². The van der Waals surface area contributed by atoms with E-state index in [2.05, 4.69) is 6.92 Å². The van der Waals surface area contributed by atoms with Gasteiger partial charge >= 0.3 is 80.3 Å². The zero-order chi connectivity index (χ0) is 18.5. The summed E-state index contributed by atoms with van der Waals surface area (Å²) in [6.07, 6.45) is 2.26. The molecule has 0 fully saturated rings. The fraction of sp³-hybridized carbons (Fsp3) is 0.333. The van der Waals surface area contributed by atoms with Gasteiger partial charge in [0.25, 0.3) is 0 Å². The Morgan fingerprint density at radius 1 is 0.880 bits per heavy atom. The molecule has 0 aromatic heterocycles. The Labute approximate surface area is 153 Å². The molecule has 0 aliphatic rings. The summed E-state index contributed by atoms with van der Waals surface area (Å²) in [4.78, 5) is 0. The van der Waals surface area contributed by atoms with Gasteiger partial charge in [0, 0.05) is 5.69 Å². The topological polar surface area (TPSA) is 108 Å².